The number of likely N-dealkylation sites (tertiary alicyclic amines) is 1. The SMILES string of the molecule is N#Cc1cccc(C(=O)N2CCC3(CCc4nn(Cc5ccccc5)c(=O)n4CC3)CC2)c1. The Morgan fingerprint density at radius 3 is 2.52 bits per heavy atom. The topological polar surface area (TPSA) is 83.9 Å². The predicted molar refractivity (Wildman–Crippen MR) is 124 cm³/mol. The summed E-state index contributed by atoms with van der Waals surface area (Å²) in [6, 6.07) is 19.0. The van der Waals surface area contributed by atoms with Gasteiger partial charge in [-0.2, -0.15) is 10.4 Å². The van der Waals surface area contributed by atoms with Gasteiger partial charge in [-0.1, -0.05) is 36.4 Å². The van der Waals surface area contributed by atoms with E-state index in [1.54, 1.807) is 28.9 Å². The molecule has 2 aliphatic heterocycles. The maximum Gasteiger partial charge on any atom is 0.346 e. The van der Waals surface area contributed by atoms with Crippen LogP contribution in [0.15, 0.2) is 59.4 Å². The van der Waals surface area contributed by atoms with Crippen molar-refractivity contribution in [2.45, 2.75) is 45.2 Å². The summed E-state index contributed by atoms with van der Waals surface area (Å²) < 4.78 is 3.43. The van der Waals surface area contributed by atoms with Crippen LogP contribution in [0.2, 0.25) is 0 Å². The molecule has 0 radical (unpaired) electrons. The number of nitriles is 1. The highest BCUT2D eigenvalue weighted by molar-refractivity contribution is 5.94. The van der Waals surface area contributed by atoms with E-state index in [4.69, 9.17) is 5.26 Å². The maximum atomic E-state index is 13.0. The summed E-state index contributed by atoms with van der Waals surface area (Å²) in [6.45, 7) is 2.59. The molecule has 2 aliphatic rings. The first-order valence-corrected chi connectivity index (χ1v) is 11.6. The number of carbonyl (C=O) groups excluding carboxylic acids is 1. The van der Waals surface area contributed by atoms with Crippen molar-refractivity contribution in [2.75, 3.05) is 13.1 Å². The zero-order chi connectivity index (χ0) is 22.8. The van der Waals surface area contributed by atoms with Crippen molar-refractivity contribution in [3.05, 3.63) is 87.6 Å². The Labute approximate surface area is 192 Å². The van der Waals surface area contributed by atoms with E-state index in [0.717, 1.165) is 43.5 Å². The largest absolute Gasteiger partial charge is 0.346 e. The second-order valence-corrected chi connectivity index (χ2v) is 9.23. The first kappa shape index (κ1) is 21.2. The van der Waals surface area contributed by atoms with Crippen LogP contribution in [0.1, 0.15) is 53.0 Å². The van der Waals surface area contributed by atoms with Crippen molar-refractivity contribution in [3.63, 3.8) is 0 Å². The molecule has 1 spiro atoms. The van der Waals surface area contributed by atoms with Crippen molar-refractivity contribution < 1.29 is 4.79 Å². The van der Waals surface area contributed by atoms with Gasteiger partial charge in [-0.3, -0.25) is 9.36 Å². The van der Waals surface area contributed by atoms with Gasteiger partial charge in [0.2, 0.25) is 0 Å². The lowest BCUT2D eigenvalue weighted by Gasteiger charge is -2.41. The lowest BCUT2D eigenvalue weighted by atomic mass is 9.72. The third kappa shape index (κ3) is 4.21. The number of carbonyl (C=O) groups is 1. The van der Waals surface area contributed by atoms with Crippen LogP contribution in [0.25, 0.3) is 0 Å². The van der Waals surface area contributed by atoms with E-state index in [0.29, 0.717) is 37.3 Å². The summed E-state index contributed by atoms with van der Waals surface area (Å²) in [5.74, 6) is 0.868. The highest BCUT2D eigenvalue weighted by atomic mass is 16.2. The van der Waals surface area contributed by atoms with Crippen molar-refractivity contribution in [1.29, 1.82) is 5.26 Å². The zero-order valence-electron chi connectivity index (χ0n) is 18.6. The molecule has 1 saturated heterocycles. The van der Waals surface area contributed by atoms with E-state index in [9.17, 15) is 9.59 Å². The molecule has 0 saturated carbocycles. The molecule has 7 heteroatoms. The fourth-order valence-electron chi connectivity index (χ4n) is 5.19. The van der Waals surface area contributed by atoms with E-state index in [2.05, 4.69) is 11.2 Å². The molecule has 33 heavy (non-hydrogen) atoms. The molecule has 1 amide bonds. The van der Waals surface area contributed by atoms with Crippen LogP contribution in [0, 0.1) is 16.7 Å². The van der Waals surface area contributed by atoms with Gasteiger partial charge in [-0.25, -0.2) is 9.48 Å². The molecule has 5 rings (SSSR count). The van der Waals surface area contributed by atoms with Crippen molar-refractivity contribution >= 4 is 5.91 Å². The molecule has 0 bridgehead atoms. The Bertz CT molecular complexity index is 1260. The highest BCUT2D eigenvalue weighted by Gasteiger charge is 2.38. The van der Waals surface area contributed by atoms with Crippen molar-refractivity contribution in [3.8, 4) is 6.07 Å². The number of fused-ring (bicyclic) bond motifs is 1. The molecule has 0 unspecified atom stereocenters. The van der Waals surface area contributed by atoms with Crippen LogP contribution < -0.4 is 5.69 Å². The van der Waals surface area contributed by atoms with Gasteiger partial charge < -0.3 is 4.90 Å². The van der Waals surface area contributed by atoms with Gasteiger partial charge in [0.15, 0.2) is 0 Å². The number of aromatic nitrogens is 3. The maximum absolute atomic E-state index is 13.0. The van der Waals surface area contributed by atoms with E-state index in [1.807, 2.05) is 39.8 Å². The lowest BCUT2D eigenvalue weighted by molar-refractivity contribution is 0.0535. The van der Waals surface area contributed by atoms with Gasteiger partial charge in [0.1, 0.15) is 5.82 Å². The summed E-state index contributed by atoms with van der Waals surface area (Å²) in [7, 11) is 0. The number of amides is 1. The third-order valence-corrected chi connectivity index (χ3v) is 7.27. The highest BCUT2D eigenvalue weighted by Crippen LogP contribution is 2.41. The van der Waals surface area contributed by atoms with Crippen LogP contribution in [-0.4, -0.2) is 38.2 Å². The minimum Gasteiger partial charge on any atom is -0.339 e. The average Bonchev–Trinajstić information content (AvgIpc) is 3.04. The molecule has 168 valence electrons. The minimum absolute atomic E-state index is 0.00713. The average molecular weight is 442 g/mol. The molecular formula is C26H27N5O2. The van der Waals surface area contributed by atoms with Gasteiger partial charge in [-0.05, 0) is 54.9 Å². The summed E-state index contributed by atoms with van der Waals surface area (Å²) in [4.78, 5) is 27.8. The molecule has 1 fully saturated rings. The van der Waals surface area contributed by atoms with Crippen LogP contribution in [0.3, 0.4) is 0 Å². The Morgan fingerprint density at radius 2 is 1.76 bits per heavy atom. The first-order valence-electron chi connectivity index (χ1n) is 11.6. The van der Waals surface area contributed by atoms with Gasteiger partial charge in [0.25, 0.3) is 5.91 Å². The Morgan fingerprint density at radius 1 is 1.00 bits per heavy atom. The number of rotatable bonds is 3. The number of benzene rings is 2. The van der Waals surface area contributed by atoms with Gasteiger partial charge in [0.05, 0.1) is 18.2 Å². The quantitative estimate of drug-likeness (QED) is 0.625. The van der Waals surface area contributed by atoms with E-state index < -0.39 is 0 Å². The number of hydrogen-bond donors (Lipinski definition) is 0. The van der Waals surface area contributed by atoms with Gasteiger partial charge >= 0.3 is 5.69 Å². The van der Waals surface area contributed by atoms with E-state index in [-0.39, 0.29) is 17.0 Å². The molecule has 1 aromatic heterocycles. The number of aryl methyl sites for hydroxylation is 1. The summed E-state index contributed by atoms with van der Waals surface area (Å²) >= 11 is 0. The second-order valence-electron chi connectivity index (χ2n) is 9.23. The number of nitrogens with zero attached hydrogens (tertiary/aromatic N) is 5. The molecule has 2 aromatic carbocycles. The predicted octanol–water partition coefficient (Wildman–Crippen LogP) is 3.22. The van der Waals surface area contributed by atoms with E-state index in [1.165, 1.54) is 0 Å². The van der Waals surface area contributed by atoms with Crippen LogP contribution in [-0.2, 0) is 19.5 Å². The van der Waals surface area contributed by atoms with E-state index >= 15 is 0 Å². The number of piperidine rings is 1. The van der Waals surface area contributed by atoms with Gasteiger partial charge in [0, 0.05) is 31.6 Å². The molecular weight excluding hydrogens is 414 g/mol. The third-order valence-electron chi connectivity index (χ3n) is 7.27. The summed E-state index contributed by atoms with van der Waals surface area (Å²) in [5, 5.41) is 13.8. The molecule has 3 heterocycles. The first-order chi connectivity index (χ1) is 16.1. The zero-order valence-corrected chi connectivity index (χ0v) is 18.6. The standard InChI is InChI=1S/C26H27N5O2/c27-18-21-7-4-8-22(17-21)24(32)29-14-11-26(12-15-29)10-9-23-28-31(25(33)30(23)16-13-26)19-20-5-2-1-3-6-20/h1-8,17H,9-16,19H2. The van der Waals surface area contributed by atoms with Gasteiger partial charge in [-0.15, -0.1) is 0 Å². The summed E-state index contributed by atoms with van der Waals surface area (Å²) in [5.41, 5.74) is 2.26. The smallest absolute Gasteiger partial charge is 0.339 e. The Kier molecular flexibility index (Phi) is 5.59. The van der Waals surface area contributed by atoms with Crippen LogP contribution in [0.5, 0.6) is 0 Å². The van der Waals surface area contributed by atoms with Crippen LogP contribution in [0.4, 0.5) is 0 Å². The Hall–Kier alpha value is -3.66. The lowest BCUT2D eigenvalue weighted by Crippen LogP contribution is -2.43. The molecule has 3 aromatic rings. The number of hydrogen-bond acceptors (Lipinski definition) is 4. The van der Waals surface area contributed by atoms with Crippen molar-refractivity contribution in [1.82, 2.24) is 19.2 Å². The fraction of sp³-hybridized carbons (Fsp3) is 0.385. The fourth-order valence-corrected chi connectivity index (χ4v) is 5.19. The van der Waals surface area contributed by atoms with Crippen LogP contribution >= 0.6 is 0 Å². The monoisotopic (exact) mass is 441 g/mol. The molecule has 7 nitrogen and oxygen atoms in total. The Balaban J connectivity index is 1.24. The molecule has 0 aliphatic carbocycles. The van der Waals surface area contributed by atoms with Crippen molar-refractivity contribution in [2.24, 2.45) is 5.41 Å². The summed E-state index contributed by atoms with van der Waals surface area (Å²) in [6.07, 6.45) is 4.57. The normalized spacial score (nSPS) is 17.2. The molecule has 0 atom stereocenters. The second kappa shape index (κ2) is 8.70. The molecule has 0 N–H and O–H groups in total. The minimum atomic E-state index is -0.0316.